The smallest absolute Gasteiger partial charge is 0.265 e. The number of carbonyl (C=O) groups is 1. The van der Waals surface area contributed by atoms with Crippen molar-refractivity contribution in [3.63, 3.8) is 0 Å². The largest absolute Gasteiger partial charge is 0.268 e. The Kier molecular flexibility index (Phi) is 4.23. The second-order valence-electron chi connectivity index (χ2n) is 5.15. The van der Waals surface area contributed by atoms with Gasteiger partial charge in [0.2, 0.25) is 10.0 Å². The molecule has 0 saturated carbocycles. The van der Waals surface area contributed by atoms with Gasteiger partial charge in [0, 0.05) is 4.47 Å². The highest BCUT2D eigenvalue weighted by Crippen LogP contribution is 2.27. The van der Waals surface area contributed by atoms with Crippen LogP contribution in [0, 0.1) is 0 Å². The van der Waals surface area contributed by atoms with Crippen LogP contribution in [0.25, 0.3) is 0 Å². The zero-order chi connectivity index (χ0) is 14.1. The molecule has 100 valence electrons. The van der Waals surface area contributed by atoms with Crippen molar-refractivity contribution >= 4 is 31.9 Å². The summed E-state index contributed by atoms with van der Waals surface area (Å²) in [4.78, 5) is 11.7. The van der Waals surface area contributed by atoms with Crippen LogP contribution in [0.15, 0.2) is 22.7 Å². The fourth-order valence-electron chi connectivity index (χ4n) is 1.39. The fraction of sp³-hybridized carbons (Fsp3) is 0.417. The topological polar surface area (TPSA) is 63.2 Å². The van der Waals surface area contributed by atoms with Gasteiger partial charge in [0.1, 0.15) is 0 Å². The molecule has 0 atom stereocenters. The molecule has 0 aliphatic rings. The van der Waals surface area contributed by atoms with E-state index in [0.29, 0.717) is 10.0 Å². The van der Waals surface area contributed by atoms with E-state index in [-0.39, 0.29) is 5.41 Å². The molecular weight excluding hydrogens is 318 g/mol. The van der Waals surface area contributed by atoms with E-state index in [1.165, 1.54) is 0 Å². The molecule has 1 N–H and O–H groups in total. The van der Waals surface area contributed by atoms with E-state index in [9.17, 15) is 13.2 Å². The van der Waals surface area contributed by atoms with Crippen molar-refractivity contribution in [1.82, 2.24) is 4.72 Å². The van der Waals surface area contributed by atoms with Gasteiger partial charge in [0.25, 0.3) is 5.91 Å². The average molecular weight is 334 g/mol. The molecule has 0 radical (unpaired) electrons. The normalized spacial score (nSPS) is 12.3. The lowest BCUT2D eigenvalue weighted by molar-refractivity contribution is 0.0981. The van der Waals surface area contributed by atoms with E-state index in [2.05, 4.69) is 36.7 Å². The van der Waals surface area contributed by atoms with Crippen LogP contribution in [0.4, 0.5) is 0 Å². The van der Waals surface area contributed by atoms with Gasteiger partial charge in [0.05, 0.1) is 11.8 Å². The number of sulfonamides is 1. The molecule has 0 bridgehead atoms. The maximum atomic E-state index is 11.7. The maximum absolute atomic E-state index is 11.7. The van der Waals surface area contributed by atoms with Gasteiger partial charge in [-0.3, -0.25) is 4.79 Å². The molecule has 0 aliphatic carbocycles. The number of halogens is 1. The third kappa shape index (κ3) is 4.10. The van der Waals surface area contributed by atoms with Gasteiger partial charge in [-0.05, 0) is 39.0 Å². The van der Waals surface area contributed by atoms with Crippen molar-refractivity contribution in [1.29, 1.82) is 0 Å². The van der Waals surface area contributed by atoms with Crippen LogP contribution in [0.3, 0.4) is 0 Å². The van der Waals surface area contributed by atoms with Crippen molar-refractivity contribution in [3.05, 3.63) is 33.8 Å². The second-order valence-corrected chi connectivity index (χ2v) is 7.75. The van der Waals surface area contributed by atoms with E-state index in [0.717, 1.165) is 11.8 Å². The predicted molar refractivity (Wildman–Crippen MR) is 75.2 cm³/mol. The Hall–Kier alpha value is -0.880. The molecular formula is C12H16BrNO3S. The summed E-state index contributed by atoms with van der Waals surface area (Å²) in [5.41, 5.74) is 1.33. The molecule has 18 heavy (non-hydrogen) atoms. The predicted octanol–water partition coefficient (Wildman–Crippen LogP) is 2.44. The van der Waals surface area contributed by atoms with Crippen molar-refractivity contribution in [3.8, 4) is 0 Å². The third-order valence-corrected chi connectivity index (χ3v) is 3.57. The van der Waals surface area contributed by atoms with Gasteiger partial charge >= 0.3 is 0 Å². The molecule has 0 aliphatic heterocycles. The summed E-state index contributed by atoms with van der Waals surface area (Å²) in [5, 5.41) is 0. The number of rotatable bonds is 2. The quantitative estimate of drug-likeness (QED) is 0.904. The Bertz CT molecular complexity index is 573. The van der Waals surface area contributed by atoms with Gasteiger partial charge in [-0.2, -0.15) is 0 Å². The molecule has 4 nitrogen and oxygen atoms in total. The first-order valence-corrected chi connectivity index (χ1v) is 8.01. The molecule has 0 saturated heterocycles. The van der Waals surface area contributed by atoms with Gasteiger partial charge in [-0.1, -0.05) is 26.8 Å². The summed E-state index contributed by atoms with van der Waals surface area (Å²) in [6.07, 6.45) is 0.947. The van der Waals surface area contributed by atoms with Crippen LogP contribution < -0.4 is 4.72 Å². The van der Waals surface area contributed by atoms with Crippen LogP contribution in [0.2, 0.25) is 0 Å². The monoisotopic (exact) mass is 333 g/mol. The molecule has 1 rings (SSSR count). The minimum atomic E-state index is -3.55. The molecule has 0 heterocycles. The molecule has 0 spiro atoms. The highest BCUT2D eigenvalue weighted by molar-refractivity contribution is 9.10. The number of amides is 1. The Balaban J connectivity index is 3.11. The number of carbonyl (C=O) groups excluding carboxylic acids is 1. The molecule has 6 heteroatoms. The lowest BCUT2D eigenvalue weighted by Crippen LogP contribution is -2.29. The summed E-state index contributed by atoms with van der Waals surface area (Å²) < 4.78 is 24.5. The highest BCUT2D eigenvalue weighted by atomic mass is 79.9. The van der Waals surface area contributed by atoms with Gasteiger partial charge < -0.3 is 0 Å². The molecule has 0 aromatic heterocycles. The SMILES string of the molecule is CC(C)(C)c1ccc(C(=O)NS(C)(=O)=O)c(Br)c1. The summed E-state index contributed by atoms with van der Waals surface area (Å²) in [7, 11) is -3.55. The Morgan fingerprint density at radius 3 is 2.22 bits per heavy atom. The zero-order valence-corrected chi connectivity index (χ0v) is 13.1. The van der Waals surface area contributed by atoms with Crippen LogP contribution in [0.1, 0.15) is 36.7 Å². The summed E-state index contributed by atoms with van der Waals surface area (Å²) in [6, 6.07) is 5.27. The second kappa shape index (κ2) is 5.01. The number of benzene rings is 1. The van der Waals surface area contributed by atoms with Crippen LogP contribution >= 0.6 is 15.9 Å². The zero-order valence-electron chi connectivity index (χ0n) is 10.7. The van der Waals surface area contributed by atoms with Gasteiger partial charge in [-0.25, -0.2) is 13.1 Å². The lowest BCUT2D eigenvalue weighted by atomic mass is 9.87. The molecule has 1 aromatic carbocycles. The first-order valence-electron chi connectivity index (χ1n) is 5.33. The Morgan fingerprint density at radius 1 is 1.28 bits per heavy atom. The lowest BCUT2D eigenvalue weighted by Gasteiger charge is -2.20. The average Bonchev–Trinajstić information content (AvgIpc) is 2.12. The third-order valence-electron chi connectivity index (χ3n) is 2.36. The van der Waals surface area contributed by atoms with Crippen LogP contribution in [0.5, 0.6) is 0 Å². The molecule has 0 unspecified atom stereocenters. The van der Waals surface area contributed by atoms with Crippen molar-refractivity contribution in [2.75, 3.05) is 6.26 Å². The minimum Gasteiger partial charge on any atom is -0.268 e. The molecule has 1 aromatic rings. The van der Waals surface area contributed by atoms with Crippen LogP contribution in [-0.4, -0.2) is 20.6 Å². The van der Waals surface area contributed by atoms with E-state index in [1.54, 1.807) is 6.07 Å². The Labute approximate surface area is 116 Å². The first-order chi connectivity index (χ1) is 8.00. The van der Waals surface area contributed by atoms with E-state index in [4.69, 9.17) is 0 Å². The standard InChI is InChI=1S/C12H16BrNO3S/c1-12(2,3)8-5-6-9(10(13)7-8)11(15)14-18(4,16)17/h5-7H,1-4H3,(H,14,15). The maximum Gasteiger partial charge on any atom is 0.265 e. The van der Waals surface area contributed by atoms with Gasteiger partial charge in [-0.15, -0.1) is 0 Å². The van der Waals surface area contributed by atoms with E-state index < -0.39 is 15.9 Å². The first kappa shape index (κ1) is 15.2. The number of hydrogen-bond donors (Lipinski definition) is 1. The summed E-state index contributed by atoms with van der Waals surface area (Å²) in [6.45, 7) is 6.18. The van der Waals surface area contributed by atoms with Crippen molar-refractivity contribution in [2.24, 2.45) is 0 Å². The summed E-state index contributed by atoms with van der Waals surface area (Å²) in [5.74, 6) is -0.634. The van der Waals surface area contributed by atoms with Crippen LogP contribution in [-0.2, 0) is 15.4 Å². The number of nitrogens with one attached hydrogen (secondary N) is 1. The van der Waals surface area contributed by atoms with Crippen molar-refractivity contribution < 1.29 is 13.2 Å². The Morgan fingerprint density at radius 2 is 1.83 bits per heavy atom. The van der Waals surface area contributed by atoms with Gasteiger partial charge in [0.15, 0.2) is 0 Å². The fourth-order valence-corrected chi connectivity index (χ4v) is 2.39. The van der Waals surface area contributed by atoms with E-state index in [1.807, 2.05) is 16.9 Å². The highest BCUT2D eigenvalue weighted by Gasteiger charge is 2.18. The molecule has 1 amide bonds. The summed E-state index contributed by atoms with van der Waals surface area (Å²) >= 11 is 3.29. The molecule has 0 fully saturated rings. The minimum absolute atomic E-state index is 0.0334. The van der Waals surface area contributed by atoms with Crippen molar-refractivity contribution in [2.45, 2.75) is 26.2 Å². The number of hydrogen-bond acceptors (Lipinski definition) is 3. The van der Waals surface area contributed by atoms with E-state index >= 15 is 0 Å².